The van der Waals surface area contributed by atoms with Crippen LogP contribution in [0.3, 0.4) is 0 Å². The molecule has 1 rings (SSSR count). The zero-order valence-corrected chi connectivity index (χ0v) is 6.28. The predicted molar refractivity (Wildman–Crippen MR) is 38.2 cm³/mol. The summed E-state index contributed by atoms with van der Waals surface area (Å²) in [5.41, 5.74) is 0.944. The van der Waals surface area contributed by atoms with E-state index in [1.165, 1.54) is 4.68 Å². The van der Waals surface area contributed by atoms with E-state index in [2.05, 4.69) is 17.4 Å². The van der Waals surface area contributed by atoms with Crippen molar-refractivity contribution in [2.75, 3.05) is 14.1 Å². The van der Waals surface area contributed by atoms with E-state index >= 15 is 0 Å². The Morgan fingerprint density at radius 2 is 2.40 bits per heavy atom. The molecule has 0 aliphatic heterocycles. The van der Waals surface area contributed by atoms with Gasteiger partial charge in [0, 0.05) is 12.7 Å². The molecule has 0 spiro atoms. The molecule has 0 N–H and O–H groups in total. The Hall–Kier alpha value is -0.900. The second kappa shape index (κ2) is 2.79. The Morgan fingerprint density at radius 1 is 1.70 bits per heavy atom. The molecule has 1 aromatic rings. The van der Waals surface area contributed by atoms with Crippen LogP contribution in [0.4, 0.5) is 0 Å². The van der Waals surface area contributed by atoms with Gasteiger partial charge < -0.3 is 4.90 Å². The summed E-state index contributed by atoms with van der Waals surface area (Å²) in [7, 11) is 7.55. The molecule has 0 fully saturated rings. The lowest BCUT2D eigenvalue weighted by Crippen LogP contribution is -2.10. The third kappa shape index (κ3) is 1.80. The minimum absolute atomic E-state index is 0.815. The molecule has 0 unspecified atom stereocenters. The number of aromatic nitrogens is 3. The number of rotatable bonds is 2. The van der Waals surface area contributed by atoms with Crippen molar-refractivity contribution in [2.24, 2.45) is 0 Å². The second-order valence-electron chi connectivity index (χ2n) is 2.49. The normalized spacial score (nSPS) is 10.8. The highest BCUT2D eigenvalue weighted by Crippen LogP contribution is 1.93. The van der Waals surface area contributed by atoms with Gasteiger partial charge in [-0.3, -0.25) is 4.68 Å². The van der Waals surface area contributed by atoms with Gasteiger partial charge in [0.05, 0.1) is 12.7 Å². The molecule has 0 aromatic carbocycles. The van der Waals surface area contributed by atoms with E-state index in [1.54, 1.807) is 6.20 Å². The zero-order chi connectivity index (χ0) is 7.56. The highest BCUT2D eigenvalue weighted by Gasteiger charge is 1.97. The zero-order valence-electron chi connectivity index (χ0n) is 6.28. The van der Waals surface area contributed by atoms with Gasteiger partial charge in [-0.05, 0) is 14.1 Å². The number of hydrogen-bond acceptors (Lipinski definition) is 3. The Morgan fingerprint density at radius 3 is 2.80 bits per heavy atom. The number of hydrogen-bond donors (Lipinski definition) is 0. The summed E-state index contributed by atoms with van der Waals surface area (Å²) in [5.74, 6) is 0. The second-order valence-corrected chi connectivity index (χ2v) is 2.49. The summed E-state index contributed by atoms with van der Waals surface area (Å²) in [6.45, 7) is 0.815. The van der Waals surface area contributed by atoms with Gasteiger partial charge in [0.25, 0.3) is 0 Å². The third-order valence-corrected chi connectivity index (χ3v) is 1.06. The first kappa shape index (κ1) is 7.21. The highest BCUT2D eigenvalue weighted by atomic mass is 15.4. The van der Waals surface area contributed by atoms with Gasteiger partial charge in [0.1, 0.15) is 0 Å². The average molecular weight is 139 g/mol. The highest BCUT2D eigenvalue weighted by molar-refractivity contribution is 4.91. The summed E-state index contributed by atoms with van der Waals surface area (Å²) in [4.78, 5) is 2.03. The molecule has 0 bridgehead atoms. The van der Waals surface area contributed by atoms with Gasteiger partial charge in [0.15, 0.2) is 0 Å². The maximum atomic E-state index is 3.86. The molecule has 1 radical (unpaired) electrons. The van der Waals surface area contributed by atoms with Crippen molar-refractivity contribution in [1.82, 2.24) is 19.9 Å². The van der Waals surface area contributed by atoms with Crippen molar-refractivity contribution < 1.29 is 0 Å². The summed E-state index contributed by atoms with van der Waals surface area (Å²) in [6.07, 6.45) is 1.81. The van der Waals surface area contributed by atoms with E-state index in [1.807, 2.05) is 19.0 Å². The van der Waals surface area contributed by atoms with Crippen molar-refractivity contribution in [2.45, 2.75) is 6.54 Å². The van der Waals surface area contributed by atoms with E-state index in [9.17, 15) is 0 Å². The summed E-state index contributed by atoms with van der Waals surface area (Å²) in [6, 6.07) is 0. The fourth-order valence-corrected chi connectivity index (χ4v) is 0.735. The molecule has 0 atom stereocenters. The molecular formula is C6H11N4. The average Bonchev–Trinajstić information content (AvgIpc) is 2.13. The van der Waals surface area contributed by atoms with Gasteiger partial charge in [-0.1, -0.05) is 5.21 Å². The quantitative estimate of drug-likeness (QED) is 0.577. The lowest BCUT2D eigenvalue weighted by Gasteiger charge is -2.04. The van der Waals surface area contributed by atoms with Gasteiger partial charge in [-0.25, -0.2) is 0 Å². The van der Waals surface area contributed by atoms with Crippen molar-refractivity contribution in [3.8, 4) is 0 Å². The molecule has 10 heavy (non-hydrogen) atoms. The van der Waals surface area contributed by atoms with Crippen LogP contribution >= 0.6 is 0 Å². The molecule has 4 heteroatoms. The van der Waals surface area contributed by atoms with Crippen LogP contribution < -0.4 is 0 Å². The van der Waals surface area contributed by atoms with Crippen molar-refractivity contribution in [1.29, 1.82) is 0 Å². The van der Waals surface area contributed by atoms with Gasteiger partial charge >= 0.3 is 0 Å². The van der Waals surface area contributed by atoms with Gasteiger partial charge in [-0.15, -0.1) is 5.10 Å². The van der Waals surface area contributed by atoms with E-state index in [4.69, 9.17) is 0 Å². The largest absolute Gasteiger partial charge is 0.303 e. The lowest BCUT2D eigenvalue weighted by atomic mass is 10.4. The standard InChI is InChI=1S/C6H11N4/c1-9(2)4-6-5-10(3)8-7-6/h5H,3-4H2,1-2H3. The minimum Gasteiger partial charge on any atom is -0.303 e. The molecule has 0 saturated carbocycles. The topological polar surface area (TPSA) is 34.0 Å². The molecule has 0 saturated heterocycles. The van der Waals surface area contributed by atoms with E-state index < -0.39 is 0 Å². The molecule has 0 aliphatic carbocycles. The Balaban J connectivity index is 2.58. The summed E-state index contributed by atoms with van der Waals surface area (Å²) >= 11 is 0. The van der Waals surface area contributed by atoms with Crippen LogP contribution in [0.5, 0.6) is 0 Å². The molecule has 1 aromatic heterocycles. The molecule has 0 aliphatic rings. The molecule has 55 valence electrons. The Labute approximate surface area is 60.4 Å². The third-order valence-electron chi connectivity index (χ3n) is 1.06. The Kier molecular flexibility index (Phi) is 2.01. The van der Waals surface area contributed by atoms with Crippen molar-refractivity contribution in [3.05, 3.63) is 18.9 Å². The van der Waals surface area contributed by atoms with Crippen LogP contribution in [0.1, 0.15) is 5.69 Å². The first-order chi connectivity index (χ1) is 4.68. The summed E-state index contributed by atoms with van der Waals surface area (Å²) < 4.78 is 1.46. The molecule has 0 amide bonds. The smallest absolute Gasteiger partial charge is 0.0966 e. The van der Waals surface area contributed by atoms with Crippen LogP contribution in [-0.4, -0.2) is 34.0 Å². The van der Waals surface area contributed by atoms with Gasteiger partial charge in [-0.2, -0.15) is 0 Å². The van der Waals surface area contributed by atoms with Gasteiger partial charge in [0.2, 0.25) is 0 Å². The molecule has 1 heterocycles. The number of nitrogens with zero attached hydrogens (tertiary/aromatic N) is 4. The van der Waals surface area contributed by atoms with Crippen LogP contribution in [0.25, 0.3) is 0 Å². The summed E-state index contributed by atoms with van der Waals surface area (Å²) in [5, 5.41) is 7.56. The van der Waals surface area contributed by atoms with E-state index in [0.29, 0.717) is 0 Å². The van der Waals surface area contributed by atoms with E-state index in [0.717, 1.165) is 12.2 Å². The van der Waals surface area contributed by atoms with Crippen molar-refractivity contribution in [3.63, 3.8) is 0 Å². The fraction of sp³-hybridized carbons (Fsp3) is 0.500. The van der Waals surface area contributed by atoms with Crippen molar-refractivity contribution >= 4 is 0 Å². The molecular weight excluding hydrogens is 128 g/mol. The Bertz CT molecular complexity index is 203. The van der Waals surface area contributed by atoms with E-state index in [-0.39, 0.29) is 0 Å². The maximum absolute atomic E-state index is 3.86. The maximum Gasteiger partial charge on any atom is 0.0966 e. The fourth-order valence-electron chi connectivity index (χ4n) is 0.735. The van der Waals surface area contributed by atoms with Crippen LogP contribution in [0, 0.1) is 7.05 Å². The molecule has 4 nitrogen and oxygen atoms in total. The van der Waals surface area contributed by atoms with Crippen LogP contribution in [-0.2, 0) is 6.54 Å². The predicted octanol–water partition coefficient (Wildman–Crippen LogP) is -0.0206. The monoisotopic (exact) mass is 139 g/mol. The van der Waals surface area contributed by atoms with Crippen LogP contribution in [0.2, 0.25) is 0 Å². The van der Waals surface area contributed by atoms with Crippen LogP contribution in [0.15, 0.2) is 6.20 Å². The minimum atomic E-state index is 0.815. The SMILES string of the molecule is [CH2]n1cc(CN(C)C)nn1. The lowest BCUT2D eigenvalue weighted by molar-refractivity contribution is 0.396. The first-order valence-electron chi connectivity index (χ1n) is 3.05. The first-order valence-corrected chi connectivity index (χ1v) is 3.05.